The highest BCUT2D eigenvalue weighted by atomic mass is 16.5. The Hall–Kier alpha value is -4.06. The molecular weight excluding hydrogens is 418 g/mol. The average molecular weight is 443 g/mol. The molecule has 0 unspecified atom stereocenters. The first-order valence-electron chi connectivity index (χ1n) is 10.7. The summed E-state index contributed by atoms with van der Waals surface area (Å²) in [5.41, 5.74) is 5.59. The standard InChI is InChI=1S/C27H25NO5/c1-32-26(30)23-16-18(13-14-25(23)29)8-6-7-15-28-27(31)33-17-24-21-11-4-2-9-19(21)20-10-3-5-12-22(20)24/h2-6,8-14,16,24,29H,7,15,17H2,1H3,(H,28,31). The molecule has 1 aliphatic carbocycles. The molecule has 6 nitrogen and oxygen atoms in total. The summed E-state index contributed by atoms with van der Waals surface area (Å²) in [7, 11) is 1.26. The zero-order valence-electron chi connectivity index (χ0n) is 18.3. The Labute approximate surface area is 192 Å². The number of aromatic hydroxyl groups is 1. The Kier molecular flexibility index (Phi) is 6.74. The Morgan fingerprint density at radius 3 is 2.33 bits per heavy atom. The van der Waals surface area contributed by atoms with Crippen molar-refractivity contribution in [2.24, 2.45) is 0 Å². The summed E-state index contributed by atoms with van der Waals surface area (Å²) in [6.45, 7) is 0.689. The predicted octanol–water partition coefficient (Wildman–Crippen LogP) is 5.12. The maximum atomic E-state index is 12.2. The van der Waals surface area contributed by atoms with Gasteiger partial charge < -0.3 is 19.9 Å². The normalized spacial score (nSPS) is 12.3. The van der Waals surface area contributed by atoms with Crippen LogP contribution in [0.25, 0.3) is 17.2 Å². The van der Waals surface area contributed by atoms with Gasteiger partial charge in [-0.3, -0.25) is 0 Å². The molecule has 0 spiro atoms. The van der Waals surface area contributed by atoms with Gasteiger partial charge in [-0.05, 0) is 46.4 Å². The molecule has 0 saturated heterocycles. The van der Waals surface area contributed by atoms with Gasteiger partial charge in [0.15, 0.2) is 0 Å². The molecule has 1 aliphatic rings. The van der Waals surface area contributed by atoms with E-state index >= 15 is 0 Å². The van der Waals surface area contributed by atoms with Crippen LogP contribution in [0.5, 0.6) is 5.75 Å². The average Bonchev–Trinajstić information content (AvgIpc) is 3.16. The Morgan fingerprint density at radius 2 is 1.67 bits per heavy atom. The van der Waals surface area contributed by atoms with Crippen molar-refractivity contribution in [3.05, 3.63) is 95.1 Å². The Bertz CT molecular complexity index is 1160. The van der Waals surface area contributed by atoms with E-state index in [0.29, 0.717) is 13.0 Å². The number of methoxy groups -OCH3 is 1. The second-order valence-electron chi connectivity index (χ2n) is 7.71. The van der Waals surface area contributed by atoms with Crippen LogP contribution in [0, 0.1) is 0 Å². The third-order valence-corrected chi connectivity index (χ3v) is 5.66. The Morgan fingerprint density at radius 1 is 1.00 bits per heavy atom. The monoisotopic (exact) mass is 443 g/mol. The molecule has 0 fully saturated rings. The van der Waals surface area contributed by atoms with Crippen molar-refractivity contribution >= 4 is 18.1 Å². The number of hydrogen-bond acceptors (Lipinski definition) is 5. The highest BCUT2D eigenvalue weighted by Gasteiger charge is 2.28. The number of carbonyl (C=O) groups excluding carboxylic acids is 2. The number of fused-ring (bicyclic) bond motifs is 3. The lowest BCUT2D eigenvalue weighted by atomic mass is 9.98. The van der Waals surface area contributed by atoms with Crippen LogP contribution in [0.4, 0.5) is 4.79 Å². The number of amides is 1. The molecule has 1 amide bonds. The third-order valence-electron chi connectivity index (χ3n) is 5.66. The number of phenolic OH excluding ortho intramolecular Hbond substituents is 1. The molecule has 0 heterocycles. The summed E-state index contributed by atoms with van der Waals surface area (Å²) in [5, 5.41) is 12.5. The van der Waals surface area contributed by atoms with Crippen LogP contribution in [-0.4, -0.2) is 37.4 Å². The number of hydrogen-bond donors (Lipinski definition) is 2. The minimum absolute atomic E-state index is 0.0292. The molecule has 0 saturated carbocycles. The zero-order chi connectivity index (χ0) is 23.2. The van der Waals surface area contributed by atoms with Gasteiger partial charge in [-0.1, -0.05) is 66.7 Å². The van der Waals surface area contributed by atoms with Crippen molar-refractivity contribution < 1.29 is 24.2 Å². The maximum absolute atomic E-state index is 12.2. The van der Waals surface area contributed by atoms with Crippen LogP contribution >= 0.6 is 0 Å². The van der Waals surface area contributed by atoms with Crippen molar-refractivity contribution in [3.63, 3.8) is 0 Å². The lowest BCUT2D eigenvalue weighted by Crippen LogP contribution is -2.26. The van der Waals surface area contributed by atoms with Crippen LogP contribution in [-0.2, 0) is 9.47 Å². The molecule has 4 rings (SSSR count). The van der Waals surface area contributed by atoms with E-state index in [-0.39, 0.29) is 23.8 Å². The molecule has 168 valence electrons. The topological polar surface area (TPSA) is 84.9 Å². The van der Waals surface area contributed by atoms with Gasteiger partial charge in [0.1, 0.15) is 17.9 Å². The molecule has 0 bridgehead atoms. The number of phenols is 1. The lowest BCUT2D eigenvalue weighted by Gasteiger charge is -2.14. The highest BCUT2D eigenvalue weighted by molar-refractivity contribution is 5.93. The summed E-state index contributed by atoms with van der Waals surface area (Å²) in [4.78, 5) is 23.9. The highest BCUT2D eigenvalue weighted by Crippen LogP contribution is 2.44. The summed E-state index contributed by atoms with van der Waals surface area (Å²) in [5.74, 6) is -0.697. The number of alkyl carbamates (subject to hydrolysis) is 1. The molecule has 6 heteroatoms. The number of rotatable bonds is 7. The summed E-state index contributed by atoms with van der Waals surface area (Å²) in [6, 6.07) is 21.1. The van der Waals surface area contributed by atoms with Crippen LogP contribution in [0.2, 0.25) is 0 Å². The SMILES string of the molecule is COC(=O)c1cc(C=CCCNC(=O)OCC2c3ccccc3-c3ccccc32)ccc1O. The largest absolute Gasteiger partial charge is 0.507 e. The molecule has 33 heavy (non-hydrogen) atoms. The van der Waals surface area contributed by atoms with Gasteiger partial charge in [0, 0.05) is 12.5 Å². The van der Waals surface area contributed by atoms with Crippen molar-refractivity contribution in [2.45, 2.75) is 12.3 Å². The quantitative estimate of drug-likeness (QED) is 0.391. The van der Waals surface area contributed by atoms with Crippen molar-refractivity contribution in [2.75, 3.05) is 20.3 Å². The second kappa shape index (κ2) is 10.0. The molecule has 2 N–H and O–H groups in total. The van der Waals surface area contributed by atoms with E-state index < -0.39 is 12.1 Å². The fraction of sp³-hybridized carbons (Fsp3) is 0.185. The van der Waals surface area contributed by atoms with Crippen molar-refractivity contribution in [3.8, 4) is 16.9 Å². The third kappa shape index (κ3) is 4.90. The number of esters is 1. The first-order valence-corrected chi connectivity index (χ1v) is 10.7. The number of benzene rings is 3. The first-order chi connectivity index (χ1) is 16.1. The van der Waals surface area contributed by atoms with Gasteiger partial charge >= 0.3 is 12.1 Å². The van der Waals surface area contributed by atoms with E-state index in [1.807, 2.05) is 36.4 Å². The number of ether oxygens (including phenoxy) is 2. The number of carbonyl (C=O) groups is 2. The van der Waals surface area contributed by atoms with Gasteiger partial charge in [-0.25, -0.2) is 9.59 Å². The van der Waals surface area contributed by atoms with Gasteiger partial charge in [-0.2, -0.15) is 0 Å². The fourth-order valence-corrected chi connectivity index (χ4v) is 4.06. The molecule has 0 aromatic heterocycles. The lowest BCUT2D eigenvalue weighted by molar-refractivity contribution is 0.0597. The van der Waals surface area contributed by atoms with E-state index in [9.17, 15) is 14.7 Å². The predicted molar refractivity (Wildman–Crippen MR) is 126 cm³/mol. The Balaban J connectivity index is 1.27. The molecule has 3 aromatic carbocycles. The maximum Gasteiger partial charge on any atom is 0.407 e. The van der Waals surface area contributed by atoms with E-state index in [4.69, 9.17) is 4.74 Å². The fourth-order valence-electron chi connectivity index (χ4n) is 4.06. The van der Waals surface area contributed by atoms with E-state index in [0.717, 1.165) is 5.56 Å². The van der Waals surface area contributed by atoms with Crippen LogP contribution in [0.15, 0.2) is 72.8 Å². The summed E-state index contributed by atoms with van der Waals surface area (Å²) in [6.07, 6.45) is 3.81. The summed E-state index contributed by atoms with van der Waals surface area (Å²) >= 11 is 0. The van der Waals surface area contributed by atoms with Gasteiger partial charge in [-0.15, -0.1) is 0 Å². The van der Waals surface area contributed by atoms with Crippen molar-refractivity contribution in [1.82, 2.24) is 5.32 Å². The van der Waals surface area contributed by atoms with Gasteiger partial charge in [0.05, 0.1) is 7.11 Å². The zero-order valence-corrected chi connectivity index (χ0v) is 18.3. The van der Waals surface area contributed by atoms with E-state index in [1.165, 1.54) is 35.4 Å². The van der Waals surface area contributed by atoms with E-state index in [1.54, 1.807) is 12.1 Å². The van der Waals surface area contributed by atoms with Crippen LogP contribution in [0.3, 0.4) is 0 Å². The number of nitrogens with one attached hydrogen (secondary N) is 1. The molecular formula is C27H25NO5. The summed E-state index contributed by atoms with van der Waals surface area (Å²) < 4.78 is 10.2. The second-order valence-corrected chi connectivity index (χ2v) is 7.71. The molecule has 3 aromatic rings. The smallest absolute Gasteiger partial charge is 0.407 e. The first kappa shape index (κ1) is 22.1. The van der Waals surface area contributed by atoms with Gasteiger partial charge in [0.25, 0.3) is 0 Å². The van der Waals surface area contributed by atoms with Crippen molar-refractivity contribution in [1.29, 1.82) is 0 Å². The minimum Gasteiger partial charge on any atom is -0.507 e. The molecule has 0 atom stereocenters. The minimum atomic E-state index is -0.598. The molecule has 0 aliphatic heterocycles. The van der Waals surface area contributed by atoms with Crippen LogP contribution in [0.1, 0.15) is 39.4 Å². The van der Waals surface area contributed by atoms with Crippen LogP contribution < -0.4 is 5.32 Å². The van der Waals surface area contributed by atoms with E-state index in [2.05, 4.69) is 34.3 Å². The molecule has 0 radical (unpaired) electrons. The van der Waals surface area contributed by atoms with Gasteiger partial charge in [0.2, 0.25) is 0 Å².